The van der Waals surface area contributed by atoms with Gasteiger partial charge in [0.15, 0.2) is 0 Å². The largest absolute Gasteiger partial charge is 0.394 e. The van der Waals surface area contributed by atoms with E-state index in [4.69, 9.17) is 5.11 Å². The molecule has 0 aromatic heterocycles. The molecule has 2 N–H and O–H groups in total. The predicted molar refractivity (Wildman–Crippen MR) is 69.2 cm³/mol. The maximum atomic E-state index is 9.43. The first kappa shape index (κ1) is 12.4. The molecule has 0 radical (unpaired) electrons. The molecule has 2 rings (SSSR count). The highest BCUT2D eigenvalue weighted by Crippen LogP contribution is 2.28. The summed E-state index contributed by atoms with van der Waals surface area (Å²) in [5, 5.41) is 18.5. The van der Waals surface area contributed by atoms with Crippen molar-refractivity contribution >= 4 is 5.69 Å². The summed E-state index contributed by atoms with van der Waals surface area (Å²) < 4.78 is 0. The number of benzene rings is 1. The van der Waals surface area contributed by atoms with Gasteiger partial charge in [-0.1, -0.05) is 12.1 Å². The molecule has 0 saturated carbocycles. The Morgan fingerprint density at radius 3 is 2.76 bits per heavy atom. The second-order valence-electron chi connectivity index (χ2n) is 4.80. The highest BCUT2D eigenvalue weighted by atomic mass is 16.3. The van der Waals surface area contributed by atoms with Crippen LogP contribution in [0.2, 0.25) is 0 Å². The molecule has 1 saturated heterocycles. The maximum Gasteiger partial charge on any atom is 0.0681 e. The molecule has 0 aliphatic carbocycles. The third-order valence-electron chi connectivity index (χ3n) is 3.59. The van der Waals surface area contributed by atoms with Gasteiger partial charge in [0.05, 0.1) is 19.3 Å². The zero-order valence-corrected chi connectivity index (χ0v) is 10.4. The van der Waals surface area contributed by atoms with Crippen LogP contribution >= 0.6 is 0 Å². The molecule has 1 aliphatic rings. The first-order chi connectivity index (χ1) is 8.26. The smallest absolute Gasteiger partial charge is 0.0681 e. The molecule has 0 amide bonds. The number of rotatable bonds is 3. The van der Waals surface area contributed by atoms with Crippen molar-refractivity contribution in [3.8, 4) is 0 Å². The summed E-state index contributed by atoms with van der Waals surface area (Å²) in [5.41, 5.74) is 3.32. The predicted octanol–water partition coefficient (Wildman–Crippen LogP) is 1.84. The lowest BCUT2D eigenvalue weighted by atomic mass is 10.00. The van der Waals surface area contributed by atoms with Crippen LogP contribution in [-0.4, -0.2) is 29.4 Å². The average molecular weight is 235 g/mol. The molecule has 1 fully saturated rings. The monoisotopic (exact) mass is 235 g/mol. The van der Waals surface area contributed by atoms with Gasteiger partial charge in [0, 0.05) is 12.2 Å². The van der Waals surface area contributed by atoms with Crippen LogP contribution in [0.3, 0.4) is 0 Å². The van der Waals surface area contributed by atoms with E-state index in [1.165, 1.54) is 24.1 Å². The highest BCUT2D eigenvalue weighted by molar-refractivity contribution is 5.55. The molecule has 1 aliphatic heterocycles. The summed E-state index contributed by atoms with van der Waals surface area (Å²) >= 11 is 0. The minimum absolute atomic E-state index is 0.0878. The van der Waals surface area contributed by atoms with Crippen molar-refractivity contribution in [2.24, 2.45) is 0 Å². The summed E-state index contributed by atoms with van der Waals surface area (Å²) in [4.78, 5) is 2.31. The third-order valence-corrected chi connectivity index (χ3v) is 3.59. The molecule has 94 valence electrons. The first-order valence-corrected chi connectivity index (χ1v) is 6.34. The number of piperidine rings is 1. The van der Waals surface area contributed by atoms with E-state index in [0.29, 0.717) is 0 Å². The van der Waals surface area contributed by atoms with Gasteiger partial charge in [0.25, 0.3) is 0 Å². The third kappa shape index (κ3) is 2.61. The van der Waals surface area contributed by atoms with Gasteiger partial charge in [-0.3, -0.25) is 0 Å². The minimum atomic E-state index is 0.0878. The van der Waals surface area contributed by atoms with Gasteiger partial charge in [-0.05, 0) is 43.4 Å². The van der Waals surface area contributed by atoms with Crippen molar-refractivity contribution in [2.45, 2.75) is 38.8 Å². The van der Waals surface area contributed by atoms with Crippen LogP contribution in [0.25, 0.3) is 0 Å². The van der Waals surface area contributed by atoms with Gasteiger partial charge in [-0.15, -0.1) is 0 Å². The molecule has 1 unspecified atom stereocenters. The van der Waals surface area contributed by atoms with Crippen LogP contribution in [0.15, 0.2) is 18.2 Å². The summed E-state index contributed by atoms with van der Waals surface area (Å²) in [6.45, 7) is 3.40. The molecule has 1 atom stereocenters. The number of hydrogen-bond acceptors (Lipinski definition) is 3. The highest BCUT2D eigenvalue weighted by Gasteiger charge is 2.22. The lowest BCUT2D eigenvalue weighted by molar-refractivity contribution is 0.240. The van der Waals surface area contributed by atoms with Crippen LogP contribution in [0.4, 0.5) is 5.69 Å². The van der Waals surface area contributed by atoms with Crippen LogP contribution in [0.5, 0.6) is 0 Å². The number of nitrogens with zero attached hydrogens (tertiary/aromatic N) is 1. The van der Waals surface area contributed by atoms with Crippen molar-refractivity contribution < 1.29 is 10.2 Å². The molecule has 1 heterocycles. The van der Waals surface area contributed by atoms with Crippen LogP contribution in [0.1, 0.15) is 30.4 Å². The number of anilines is 1. The lowest BCUT2D eigenvalue weighted by Gasteiger charge is -2.37. The molecule has 0 bridgehead atoms. The summed E-state index contributed by atoms with van der Waals surface area (Å²) in [6.07, 6.45) is 3.46. The number of aryl methyl sites for hydroxylation is 1. The van der Waals surface area contributed by atoms with Gasteiger partial charge in [0.2, 0.25) is 0 Å². The van der Waals surface area contributed by atoms with Gasteiger partial charge in [-0.25, -0.2) is 0 Å². The Bertz CT molecular complexity index is 378. The van der Waals surface area contributed by atoms with E-state index in [0.717, 1.165) is 18.5 Å². The maximum absolute atomic E-state index is 9.43. The van der Waals surface area contributed by atoms with E-state index in [1.54, 1.807) is 0 Å². The quantitative estimate of drug-likeness (QED) is 0.840. The SMILES string of the molecule is Cc1cc(CO)ccc1N1CCCCC1CO. The molecule has 3 heteroatoms. The fourth-order valence-corrected chi connectivity index (χ4v) is 2.65. The average Bonchev–Trinajstić information content (AvgIpc) is 2.38. The van der Waals surface area contributed by atoms with E-state index in [-0.39, 0.29) is 19.3 Å². The minimum Gasteiger partial charge on any atom is -0.394 e. The van der Waals surface area contributed by atoms with Crippen molar-refractivity contribution in [2.75, 3.05) is 18.1 Å². The zero-order valence-electron chi connectivity index (χ0n) is 10.4. The molecule has 1 aromatic rings. The fraction of sp³-hybridized carbons (Fsp3) is 0.571. The Balaban J connectivity index is 2.25. The van der Waals surface area contributed by atoms with Crippen molar-refractivity contribution in [1.82, 2.24) is 0 Å². The standard InChI is InChI=1S/C14H21NO2/c1-11-8-12(9-16)5-6-14(11)15-7-3-2-4-13(15)10-17/h5-6,8,13,16-17H,2-4,7,9-10H2,1H3. The molecule has 1 aromatic carbocycles. The summed E-state index contributed by atoms with van der Waals surface area (Å²) in [6, 6.07) is 6.31. The molecular formula is C14H21NO2. The first-order valence-electron chi connectivity index (χ1n) is 6.34. The molecular weight excluding hydrogens is 214 g/mol. The Kier molecular flexibility index (Phi) is 4.02. The van der Waals surface area contributed by atoms with E-state index in [1.807, 2.05) is 12.1 Å². The fourth-order valence-electron chi connectivity index (χ4n) is 2.65. The Morgan fingerprint density at radius 1 is 1.29 bits per heavy atom. The van der Waals surface area contributed by atoms with Gasteiger partial charge < -0.3 is 15.1 Å². The second kappa shape index (κ2) is 5.52. The summed E-state index contributed by atoms with van der Waals surface area (Å²) in [7, 11) is 0. The number of hydrogen-bond donors (Lipinski definition) is 2. The summed E-state index contributed by atoms with van der Waals surface area (Å²) in [5.74, 6) is 0. The molecule has 3 nitrogen and oxygen atoms in total. The second-order valence-corrected chi connectivity index (χ2v) is 4.80. The lowest BCUT2D eigenvalue weighted by Crippen LogP contribution is -2.42. The number of aliphatic hydroxyl groups is 2. The van der Waals surface area contributed by atoms with Crippen LogP contribution in [-0.2, 0) is 6.61 Å². The van der Waals surface area contributed by atoms with E-state index in [9.17, 15) is 5.11 Å². The molecule has 0 spiro atoms. The Labute approximate surface area is 103 Å². The molecule has 17 heavy (non-hydrogen) atoms. The van der Waals surface area contributed by atoms with Crippen LogP contribution in [0, 0.1) is 6.92 Å². The van der Waals surface area contributed by atoms with E-state index in [2.05, 4.69) is 17.9 Å². The van der Waals surface area contributed by atoms with Gasteiger partial charge in [-0.2, -0.15) is 0 Å². The Morgan fingerprint density at radius 2 is 2.12 bits per heavy atom. The van der Waals surface area contributed by atoms with Gasteiger partial charge >= 0.3 is 0 Å². The zero-order chi connectivity index (χ0) is 12.3. The van der Waals surface area contributed by atoms with E-state index >= 15 is 0 Å². The van der Waals surface area contributed by atoms with Crippen molar-refractivity contribution in [3.63, 3.8) is 0 Å². The van der Waals surface area contributed by atoms with Crippen LogP contribution < -0.4 is 4.90 Å². The van der Waals surface area contributed by atoms with Crippen molar-refractivity contribution in [3.05, 3.63) is 29.3 Å². The number of aliphatic hydroxyl groups excluding tert-OH is 2. The van der Waals surface area contributed by atoms with E-state index < -0.39 is 0 Å². The normalized spacial score (nSPS) is 20.6. The van der Waals surface area contributed by atoms with Crippen molar-refractivity contribution in [1.29, 1.82) is 0 Å². The van der Waals surface area contributed by atoms with Gasteiger partial charge in [0.1, 0.15) is 0 Å². The topological polar surface area (TPSA) is 43.7 Å². The Hall–Kier alpha value is -1.06.